The maximum absolute atomic E-state index is 11.5. The lowest BCUT2D eigenvalue weighted by Crippen LogP contribution is -2.39. The molecule has 0 aliphatic heterocycles. The van der Waals surface area contributed by atoms with Crippen LogP contribution in [0.4, 0.5) is 5.69 Å². The number of anilines is 1. The Morgan fingerprint density at radius 3 is 2.61 bits per heavy atom. The Hall–Kier alpha value is -0.740. The van der Waals surface area contributed by atoms with Crippen molar-refractivity contribution in [1.29, 1.82) is 0 Å². The molecule has 5 nitrogen and oxygen atoms in total. The summed E-state index contributed by atoms with van der Waals surface area (Å²) < 4.78 is 1.71. The molecule has 96 valence electrons. The number of nitrogens with two attached hydrogens (primary N) is 1. The molecule has 0 bridgehead atoms. The molecule has 0 atom stereocenters. The van der Waals surface area contributed by atoms with Gasteiger partial charge in [0.05, 0.1) is 17.2 Å². The van der Waals surface area contributed by atoms with Gasteiger partial charge in [-0.3, -0.25) is 9.59 Å². The molecule has 0 spiro atoms. The van der Waals surface area contributed by atoms with Crippen LogP contribution in [0.5, 0.6) is 0 Å². The first-order valence-electron chi connectivity index (χ1n) is 4.72. The zero-order valence-electron chi connectivity index (χ0n) is 9.00. The van der Waals surface area contributed by atoms with Gasteiger partial charge in [0.2, 0.25) is 0 Å². The van der Waals surface area contributed by atoms with E-state index in [0.29, 0.717) is 10.2 Å². The van der Waals surface area contributed by atoms with E-state index >= 15 is 0 Å². The number of halogens is 2. The first kappa shape index (κ1) is 15.3. The topological polar surface area (TPSA) is 84.2 Å². The summed E-state index contributed by atoms with van der Waals surface area (Å²) in [7, 11) is 0. The lowest BCUT2D eigenvalue weighted by atomic mass is 10.3. The smallest absolute Gasteiger partial charge is 0.313 e. The van der Waals surface area contributed by atoms with Gasteiger partial charge in [-0.15, -0.1) is 0 Å². The molecule has 1 aromatic rings. The van der Waals surface area contributed by atoms with E-state index in [2.05, 4.69) is 61.4 Å². The molecule has 0 aliphatic carbocycles. The van der Waals surface area contributed by atoms with Gasteiger partial charge in [0.15, 0.2) is 0 Å². The number of carbonyl (C=O) groups is 2. The highest BCUT2D eigenvalue weighted by atomic mass is 127. The van der Waals surface area contributed by atoms with Crippen LogP contribution in [0.2, 0.25) is 0 Å². The van der Waals surface area contributed by atoms with Crippen LogP contribution in [0.1, 0.15) is 0 Å². The van der Waals surface area contributed by atoms with Crippen LogP contribution in [-0.2, 0) is 9.59 Å². The van der Waals surface area contributed by atoms with Gasteiger partial charge in [-0.1, -0.05) is 12.2 Å². The normalized spacial score (nSPS) is 9.67. The van der Waals surface area contributed by atoms with Crippen molar-refractivity contribution in [2.75, 3.05) is 11.9 Å². The maximum Gasteiger partial charge on any atom is 0.313 e. The van der Waals surface area contributed by atoms with E-state index in [1.54, 1.807) is 6.07 Å². The molecule has 1 rings (SSSR count). The van der Waals surface area contributed by atoms with Crippen molar-refractivity contribution in [2.24, 2.45) is 5.73 Å². The van der Waals surface area contributed by atoms with Gasteiger partial charge >= 0.3 is 11.8 Å². The number of rotatable bonds is 3. The second kappa shape index (κ2) is 7.00. The zero-order valence-corrected chi connectivity index (χ0v) is 13.6. The van der Waals surface area contributed by atoms with Gasteiger partial charge in [0.1, 0.15) is 0 Å². The average molecular weight is 442 g/mol. The molecule has 0 radical (unpaired) electrons. The quantitative estimate of drug-likeness (QED) is 0.376. The summed E-state index contributed by atoms with van der Waals surface area (Å²) in [4.78, 5) is 23.0. The molecule has 0 unspecified atom stereocenters. The Balaban J connectivity index is 2.64. The summed E-state index contributed by atoms with van der Waals surface area (Å²) in [6, 6.07) is 5.33. The number of nitrogens with one attached hydrogen (secondary N) is 2. The van der Waals surface area contributed by atoms with Crippen LogP contribution in [0.3, 0.4) is 0 Å². The van der Waals surface area contributed by atoms with E-state index in [1.807, 2.05) is 12.1 Å². The third-order valence-electron chi connectivity index (χ3n) is 1.81. The fraction of sp³-hybridized carbons (Fsp3) is 0.100. The summed E-state index contributed by atoms with van der Waals surface area (Å²) in [5.74, 6) is -1.55. The minimum Gasteiger partial charge on any atom is -0.392 e. The van der Waals surface area contributed by atoms with Crippen molar-refractivity contribution < 1.29 is 9.59 Å². The third-order valence-corrected chi connectivity index (χ3v) is 3.28. The van der Waals surface area contributed by atoms with Crippen LogP contribution in [0.25, 0.3) is 0 Å². The largest absolute Gasteiger partial charge is 0.392 e. The van der Waals surface area contributed by atoms with Crippen LogP contribution in [-0.4, -0.2) is 23.3 Å². The molecular weight excluding hydrogens is 433 g/mol. The predicted octanol–water partition coefficient (Wildman–Crippen LogP) is 1.39. The van der Waals surface area contributed by atoms with Gasteiger partial charge in [0.25, 0.3) is 0 Å². The van der Waals surface area contributed by atoms with Gasteiger partial charge in [0, 0.05) is 8.04 Å². The van der Waals surface area contributed by atoms with E-state index < -0.39 is 11.8 Å². The summed E-state index contributed by atoms with van der Waals surface area (Å²) in [5, 5.41) is 4.77. The number of benzene rings is 1. The maximum atomic E-state index is 11.5. The molecule has 1 aromatic carbocycles. The SMILES string of the molecule is NC(=S)CNC(=O)C(=O)Nc1ccc(I)cc1Br. The number of hydrogen-bond donors (Lipinski definition) is 3. The van der Waals surface area contributed by atoms with Gasteiger partial charge < -0.3 is 16.4 Å². The molecule has 0 saturated heterocycles. The second-order valence-electron chi connectivity index (χ2n) is 3.23. The van der Waals surface area contributed by atoms with E-state index in [9.17, 15) is 9.59 Å². The molecule has 0 heterocycles. The van der Waals surface area contributed by atoms with Crippen LogP contribution in [0, 0.1) is 3.57 Å². The number of amides is 2. The highest BCUT2D eigenvalue weighted by Crippen LogP contribution is 2.24. The molecule has 2 amide bonds. The minimum absolute atomic E-state index is 0.00452. The second-order valence-corrected chi connectivity index (χ2v) is 5.85. The Morgan fingerprint density at radius 1 is 1.39 bits per heavy atom. The van der Waals surface area contributed by atoms with Crippen molar-refractivity contribution >= 4 is 73.2 Å². The van der Waals surface area contributed by atoms with Crippen molar-refractivity contribution in [2.45, 2.75) is 0 Å². The van der Waals surface area contributed by atoms with Crippen molar-refractivity contribution in [3.05, 3.63) is 26.2 Å². The molecule has 18 heavy (non-hydrogen) atoms. The first-order valence-corrected chi connectivity index (χ1v) is 7.00. The number of carbonyl (C=O) groups excluding carboxylic acids is 2. The first-order chi connectivity index (χ1) is 8.40. The fourth-order valence-corrected chi connectivity index (χ4v) is 2.49. The molecule has 0 aromatic heterocycles. The Bertz CT molecular complexity index is 510. The standard InChI is InChI=1S/C10H9BrIN3O2S/c11-6-3-5(12)1-2-7(6)15-10(17)9(16)14-4-8(13)18/h1-3H,4H2,(H2,13,18)(H,14,16)(H,15,17). The minimum atomic E-state index is -0.784. The monoisotopic (exact) mass is 441 g/mol. The van der Waals surface area contributed by atoms with Gasteiger partial charge in [-0.05, 0) is 56.7 Å². The Morgan fingerprint density at radius 2 is 2.06 bits per heavy atom. The van der Waals surface area contributed by atoms with E-state index in [-0.39, 0.29) is 11.5 Å². The van der Waals surface area contributed by atoms with E-state index in [0.717, 1.165) is 3.57 Å². The zero-order chi connectivity index (χ0) is 13.7. The fourth-order valence-electron chi connectivity index (χ4n) is 1.02. The summed E-state index contributed by atoms with van der Waals surface area (Å²) in [5.41, 5.74) is 5.73. The molecule has 0 fully saturated rings. The third kappa shape index (κ3) is 4.86. The summed E-state index contributed by atoms with van der Waals surface area (Å²) in [6.45, 7) is -0.00452. The highest BCUT2D eigenvalue weighted by molar-refractivity contribution is 14.1. The predicted molar refractivity (Wildman–Crippen MR) is 85.3 cm³/mol. The summed E-state index contributed by atoms with van der Waals surface area (Å²) in [6.07, 6.45) is 0. The van der Waals surface area contributed by atoms with Crippen molar-refractivity contribution in [1.82, 2.24) is 5.32 Å². The number of thiocarbonyl (C=S) groups is 1. The van der Waals surface area contributed by atoms with Crippen LogP contribution in [0.15, 0.2) is 22.7 Å². The van der Waals surface area contributed by atoms with Crippen molar-refractivity contribution in [3.63, 3.8) is 0 Å². The van der Waals surface area contributed by atoms with Crippen LogP contribution < -0.4 is 16.4 Å². The molecule has 4 N–H and O–H groups in total. The lowest BCUT2D eigenvalue weighted by Gasteiger charge is -2.07. The van der Waals surface area contributed by atoms with Gasteiger partial charge in [-0.2, -0.15) is 0 Å². The highest BCUT2D eigenvalue weighted by Gasteiger charge is 2.14. The summed E-state index contributed by atoms with van der Waals surface area (Å²) >= 11 is 10.0. The average Bonchev–Trinajstić information content (AvgIpc) is 2.29. The van der Waals surface area contributed by atoms with Crippen molar-refractivity contribution in [3.8, 4) is 0 Å². The van der Waals surface area contributed by atoms with Gasteiger partial charge in [-0.25, -0.2) is 0 Å². The Labute approximate surface area is 131 Å². The van der Waals surface area contributed by atoms with Crippen LogP contribution >= 0.6 is 50.7 Å². The molecule has 0 aliphatic rings. The molecule has 8 heteroatoms. The Kier molecular flexibility index (Phi) is 5.96. The van der Waals surface area contributed by atoms with E-state index in [4.69, 9.17) is 5.73 Å². The van der Waals surface area contributed by atoms with E-state index in [1.165, 1.54) is 0 Å². The molecular formula is C10H9BrIN3O2S. The lowest BCUT2D eigenvalue weighted by molar-refractivity contribution is -0.135. The molecule has 0 saturated carbocycles. The number of hydrogen-bond acceptors (Lipinski definition) is 3.